The molecule has 0 fully saturated rings. The van der Waals surface area contributed by atoms with Crippen LogP contribution in [0.2, 0.25) is 0 Å². The van der Waals surface area contributed by atoms with E-state index in [1.807, 2.05) is 6.92 Å². The van der Waals surface area contributed by atoms with Crippen molar-refractivity contribution in [3.05, 3.63) is 29.2 Å². The molecule has 2 rings (SSSR count). The molecule has 0 aromatic carbocycles. The SMILES string of the molecule is CCc1nc(NN=O)cn2ccnc12. The van der Waals surface area contributed by atoms with Crippen LogP contribution in [0.25, 0.3) is 5.65 Å². The Morgan fingerprint density at radius 3 is 3.21 bits per heavy atom. The Balaban J connectivity index is 2.60. The first-order valence-electron chi connectivity index (χ1n) is 4.26. The van der Waals surface area contributed by atoms with Gasteiger partial charge in [-0.05, 0) is 6.42 Å². The fourth-order valence-corrected chi connectivity index (χ4v) is 1.33. The number of nitroso groups, excluding NO2 is 1. The van der Waals surface area contributed by atoms with Crippen LogP contribution in [0.15, 0.2) is 23.9 Å². The molecule has 0 radical (unpaired) electrons. The number of aryl methyl sites for hydroxylation is 1. The highest BCUT2D eigenvalue weighted by Crippen LogP contribution is 2.11. The first-order chi connectivity index (χ1) is 6.85. The molecule has 0 unspecified atom stereocenters. The monoisotopic (exact) mass is 191 g/mol. The standard InChI is InChI=1S/C8H9N5O/c1-2-6-8-9-3-4-13(8)5-7(10-6)11-12-14/h3-5H,2H2,1H3,(H,11,14). The molecule has 0 aliphatic heterocycles. The molecule has 0 aliphatic carbocycles. The molecule has 72 valence electrons. The van der Waals surface area contributed by atoms with Gasteiger partial charge in [-0.1, -0.05) is 6.92 Å². The maximum atomic E-state index is 10.0. The van der Waals surface area contributed by atoms with Gasteiger partial charge in [-0.15, -0.1) is 4.91 Å². The minimum Gasteiger partial charge on any atom is -0.302 e. The molecular formula is C8H9N5O. The lowest BCUT2D eigenvalue weighted by atomic mass is 10.3. The van der Waals surface area contributed by atoms with Crippen molar-refractivity contribution in [2.75, 3.05) is 5.43 Å². The summed E-state index contributed by atoms with van der Waals surface area (Å²) in [7, 11) is 0. The first-order valence-corrected chi connectivity index (χ1v) is 4.26. The second-order valence-electron chi connectivity index (χ2n) is 2.79. The number of anilines is 1. The Bertz CT molecular complexity index is 464. The molecular weight excluding hydrogens is 182 g/mol. The normalized spacial score (nSPS) is 10.4. The van der Waals surface area contributed by atoms with E-state index in [4.69, 9.17) is 0 Å². The fraction of sp³-hybridized carbons (Fsp3) is 0.250. The van der Waals surface area contributed by atoms with Crippen molar-refractivity contribution < 1.29 is 0 Å². The molecule has 0 saturated carbocycles. The summed E-state index contributed by atoms with van der Waals surface area (Å²) in [5.41, 5.74) is 3.92. The Hall–Kier alpha value is -1.98. The van der Waals surface area contributed by atoms with Crippen LogP contribution in [0.3, 0.4) is 0 Å². The molecule has 0 amide bonds. The number of imidazole rings is 1. The van der Waals surface area contributed by atoms with E-state index in [9.17, 15) is 4.91 Å². The summed E-state index contributed by atoms with van der Waals surface area (Å²) in [6, 6.07) is 0. The molecule has 6 nitrogen and oxygen atoms in total. The number of hydrogen-bond donors (Lipinski definition) is 1. The van der Waals surface area contributed by atoms with E-state index < -0.39 is 0 Å². The summed E-state index contributed by atoms with van der Waals surface area (Å²) in [6.07, 6.45) is 5.91. The van der Waals surface area contributed by atoms with Gasteiger partial charge in [0.1, 0.15) is 0 Å². The van der Waals surface area contributed by atoms with Crippen LogP contribution in [0, 0.1) is 4.91 Å². The van der Waals surface area contributed by atoms with E-state index in [0.717, 1.165) is 17.8 Å². The van der Waals surface area contributed by atoms with Gasteiger partial charge in [-0.25, -0.2) is 15.4 Å². The van der Waals surface area contributed by atoms with Crippen LogP contribution in [0.4, 0.5) is 5.82 Å². The molecule has 0 aliphatic rings. The fourth-order valence-electron chi connectivity index (χ4n) is 1.33. The maximum Gasteiger partial charge on any atom is 0.166 e. The molecule has 1 N–H and O–H groups in total. The van der Waals surface area contributed by atoms with E-state index in [-0.39, 0.29) is 0 Å². The number of rotatable bonds is 3. The molecule has 0 bridgehead atoms. The van der Waals surface area contributed by atoms with Crippen molar-refractivity contribution in [2.45, 2.75) is 13.3 Å². The molecule has 0 spiro atoms. The summed E-state index contributed by atoms with van der Waals surface area (Å²) in [6.45, 7) is 1.98. The minimum atomic E-state index is 0.433. The smallest absolute Gasteiger partial charge is 0.166 e. The van der Waals surface area contributed by atoms with Gasteiger partial charge in [0.2, 0.25) is 0 Å². The van der Waals surface area contributed by atoms with Crippen LogP contribution in [-0.2, 0) is 6.42 Å². The number of nitrogens with zero attached hydrogens (tertiary/aromatic N) is 4. The minimum absolute atomic E-state index is 0.433. The number of fused-ring (bicyclic) bond motifs is 1. The lowest BCUT2D eigenvalue weighted by Gasteiger charge is -2.02. The van der Waals surface area contributed by atoms with Crippen molar-refractivity contribution in [3.8, 4) is 0 Å². The Morgan fingerprint density at radius 2 is 2.50 bits per heavy atom. The van der Waals surface area contributed by atoms with Gasteiger partial charge in [-0.3, -0.25) is 0 Å². The van der Waals surface area contributed by atoms with Crippen molar-refractivity contribution >= 4 is 11.5 Å². The van der Waals surface area contributed by atoms with Gasteiger partial charge >= 0.3 is 0 Å². The Morgan fingerprint density at radius 1 is 1.64 bits per heavy atom. The van der Waals surface area contributed by atoms with Gasteiger partial charge in [-0.2, -0.15) is 0 Å². The largest absolute Gasteiger partial charge is 0.302 e. The van der Waals surface area contributed by atoms with Crippen LogP contribution in [0.5, 0.6) is 0 Å². The van der Waals surface area contributed by atoms with Crippen molar-refractivity contribution in [3.63, 3.8) is 0 Å². The maximum absolute atomic E-state index is 10.0. The highest BCUT2D eigenvalue weighted by atomic mass is 16.3. The highest BCUT2D eigenvalue weighted by Gasteiger charge is 2.04. The third-order valence-corrected chi connectivity index (χ3v) is 1.94. The molecule has 0 saturated heterocycles. The molecule has 2 heterocycles. The Kier molecular flexibility index (Phi) is 2.10. The van der Waals surface area contributed by atoms with Gasteiger partial charge in [0, 0.05) is 12.4 Å². The van der Waals surface area contributed by atoms with Gasteiger partial charge < -0.3 is 4.40 Å². The van der Waals surface area contributed by atoms with E-state index in [1.54, 1.807) is 23.0 Å². The molecule has 6 heteroatoms. The van der Waals surface area contributed by atoms with E-state index in [1.165, 1.54) is 0 Å². The quantitative estimate of drug-likeness (QED) is 0.587. The van der Waals surface area contributed by atoms with E-state index in [2.05, 4.69) is 20.7 Å². The summed E-state index contributed by atoms with van der Waals surface area (Å²) in [5.74, 6) is 0.433. The average molecular weight is 191 g/mol. The second-order valence-corrected chi connectivity index (χ2v) is 2.79. The number of aromatic nitrogens is 3. The molecule has 0 atom stereocenters. The van der Waals surface area contributed by atoms with E-state index in [0.29, 0.717) is 5.82 Å². The van der Waals surface area contributed by atoms with Crippen molar-refractivity contribution in [1.29, 1.82) is 0 Å². The number of nitrogens with one attached hydrogen (secondary N) is 1. The summed E-state index contributed by atoms with van der Waals surface area (Å²) in [4.78, 5) is 18.4. The summed E-state index contributed by atoms with van der Waals surface area (Å²) >= 11 is 0. The summed E-state index contributed by atoms with van der Waals surface area (Å²) in [5, 5.41) is 2.58. The lowest BCUT2D eigenvalue weighted by Crippen LogP contribution is -2.00. The predicted octanol–water partition coefficient (Wildman–Crippen LogP) is 1.38. The topological polar surface area (TPSA) is 71.7 Å². The zero-order valence-corrected chi connectivity index (χ0v) is 7.64. The average Bonchev–Trinajstić information content (AvgIpc) is 2.65. The highest BCUT2D eigenvalue weighted by molar-refractivity contribution is 5.48. The predicted molar refractivity (Wildman–Crippen MR) is 51.8 cm³/mol. The number of hydrogen-bond acceptors (Lipinski definition) is 4. The second kappa shape index (κ2) is 3.41. The lowest BCUT2D eigenvalue weighted by molar-refractivity contribution is 0.988. The third kappa shape index (κ3) is 1.30. The van der Waals surface area contributed by atoms with Crippen LogP contribution >= 0.6 is 0 Å². The Labute approximate surface area is 79.9 Å². The van der Waals surface area contributed by atoms with Gasteiger partial charge in [0.05, 0.1) is 17.2 Å². The van der Waals surface area contributed by atoms with Crippen LogP contribution in [-0.4, -0.2) is 14.4 Å². The zero-order chi connectivity index (χ0) is 9.97. The molecule has 2 aromatic rings. The first kappa shape index (κ1) is 8.61. The van der Waals surface area contributed by atoms with Crippen LogP contribution in [0.1, 0.15) is 12.6 Å². The van der Waals surface area contributed by atoms with Gasteiger partial charge in [0.25, 0.3) is 0 Å². The molecule has 14 heavy (non-hydrogen) atoms. The van der Waals surface area contributed by atoms with Crippen LogP contribution < -0.4 is 5.43 Å². The van der Waals surface area contributed by atoms with Gasteiger partial charge in [0.15, 0.2) is 11.5 Å². The van der Waals surface area contributed by atoms with E-state index >= 15 is 0 Å². The zero-order valence-electron chi connectivity index (χ0n) is 7.64. The van der Waals surface area contributed by atoms with Crippen molar-refractivity contribution in [1.82, 2.24) is 14.4 Å². The van der Waals surface area contributed by atoms with Crippen molar-refractivity contribution in [2.24, 2.45) is 5.29 Å². The third-order valence-electron chi connectivity index (χ3n) is 1.94. The summed E-state index contributed by atoms with van der Waals surface area (Å²) < 4.78 is 1.80. The molecule has 2 aromatic heterocycles.